The van der Waals surface area contributed by atoms with Gasteiger partial charge in [0.25, 0.3) is 11.8 Å². The van der Waals surface area contributed by atoms with Crippen LogP contribution in [-0.2, 0) is 4.79 Å². The number of hydrogen-bond donors (Lipinski definition) is 1. The van der Waals surface area contributed by atoms with Crippen LogP contribution in [0.1, 0.15) is 21.5 Å². The van der Waals surface area contributed by atoms with Crippen LogP contribution in [0.5, 0.6) is 0 Å². The van der Waals surface area contributed by atoms with Crippen LogP contribution < -0.4 is 10.3 Å². The third-order valence-corrected chi connectivity index (χ3v) is 4.25. The fourth-order valence-corrected chi connectivity index (χ4v) is 2.78. The Morgan fingerprint density at radius 2 is 1.62 bits per heavy atom. The van der Waals surface area contributed by atoms with Crippen LogP contribution in [-0.4, -0.2) is 24.6 Å². The first-order chi connectivity index (χ1) is 14.0. The Bertz CT molecular complexity index is 1020. The van der Waals surface area contributed by atoms with Gasteiger partial charge in [0.15, 0.2) is 0 Å². The largest absolute Gasteiger partial charge is 0.299 e. The predicted molar refractivity (Wildman–Crippen MR) is 111 cm³/mol. The van der Waals surface area contributed by atoms with Crippen molar-refractivity contribution in [3.05, 3.63) is 101 Å². The fourth-order valence-electron chi connectivity index (χ4n) is 2.78. The highest BCUT2D eigenvalue weighted by Crippen LogP contribution is 2.21. The van der Waals surface area contributed by atoms with E-state index in [2.05, 4.69) is 10.5 Å². The molecule has 0 atom stereocenters. The predicted octanol–water partition coefficient (Wildman–Crippen LogP) is 3.93. The highest BCUT2D eigenvalue weighted by atomic mass is 19.1. The summed E-state index contributed by atoms with van der Waals surface area (Å²) in [6.07, 6.45) is 1.41. The molecule has 0 aliphatic heterocycles. The van der Waals surface area contributed by atoms with Crippen LogP contribution in [0.2, 0.25) is 0 Å². The number of nitrogens with zero attached hydrogens (tertiary/aromatic N) is 2. The van der Waals surface area contributed by atoms with Gasteiger partial charge < -0.3 is 0 Å². The Hall–Kier alpha value is -3.80. The molecule has 0 aliphatic carbocycles. The summed E-state index contributed by atoms with van der Waals surface area (Å²) in [5, 5.41) is 3.89. The van der Waals surface area contributed by atoms with Crippen molar-refractivity contribution in [1.82, 2.24) is 5.43 Å². The van der Waals surface area contributed by atoms with Gasteiger partial charge in [-0.25, -0.2) is 9.82 Å². The van der Waals surface area contributed by atoms with Gasteiger partial charge in [-0.3, -0.25) is 14.5 Å². The van der Waals surface area contributed by atoms with Crippen molar-refractivity contribution in [3.63, 3.8) is 0 Å². The van der Waals surface area contributed by atoms with E-state index in [-0.39, 0.29) is 18.3 Å². The Balaban J connectivity index is 1.76. The zero-order valence-corrected chi connectivity index (χ0v) is 15.9. The second kappa shape index (κ2) is 9.41. The molecule has 3 aromatic carbocycles. The first-order valence-electron chi connectivity index (χ1n) is 9.04. The topological polar surface area (TPSA) is 61.8 Å². The Kier molecular flexibility index (Phi) is 6.47. The van der Waals surface area contributed by atoms with Gasteiger partial charge >= 0.3 is 0 Å². The quantitative estimate of drug-likeness (QED) is 0.513. The van der Waals surface area contributed by atoms with Crippen molar-refractivity contribution >= 4 is 23.7 Å². The second-order valence-corrected chi connectivity index (χ2v) is 6.39. The molecule has 0 saturated carbocycles. The van der Waals surface area contributed by atoms with E-state index < -0.39 is 5.91 Å². The van der Waals surface area contributed by atoms with Crippen molar-refractivity contribution in [1.29, 1.82) is 0 Å². The van der Waals surface area contributed by atoms with Crippen molar-refractivity contribution < 1.29 is 14.0 Å². The Morgan fingerprint density at radius 3 is 2.31 bits per heavy atom. The normalized spacial score (nSPS) is 10.7. The number of anilines is 1. The molecule has 2 amide bonds. The SMILES string of the molecule is Cc1ccccc1N(CC(=O)NN=Cc1ccc(F)cc1)C(=O)c1ccccc1. The molecular weight excluding hydrogens is 369 g/mol. The maximum Gasteiger partial charge on any atom is 0.260 e. The fraction of sp³-hybridized carbons (Fsp3) is 0.0870. The van der Waals surface area contributed by atoms with Gasteiger partial charge in [-0.1, -0.05) is 48.5 Å². The molecular formula is C23H20FN3O2. The lowest BCUT2D eigenvalue weighted by atomic mass is 10.1. The van der Waals surface area contributed by atoms with Gasteiger partial charge in [-0.05, 0) is 48.4 Å². The van der Waals surface area contributed by atoms with Gasteiger partial charge in [0, 0.05) is 11.3 Å². The van der Waals surface area contributed by atoms with Crippen molar-refractivity contribution in [2.45, 2.75) is 6.92 Å². The summed E-state index contributed by atoms with van der Waals surface area (Å²) in [7, 11) is 0. The van der Waals surface area contributed by atoms with Gasteiger partial charge in [0.05, 0.1) is 6.21 Å². The van der Waals surface area contributed by atoms with E-state index in [1.165, 1.54) is 23.2 Å². The van der Waals surface area contributed by atoms with Gasteiger partial charge in [0.1, 0.15) is 12.4 Å². The molecule has 0 saturated heterocycles. The van der Waals surface area contributed by atoms with E-state index in [0.29, 0.717) is 16.8 Å². The first-order valence-corrected chi connectivity index (χ1v) is 9.04. The molecule has 3 aromatic rings. The summed E-state index contributed by atoms with van der Waals surface area (Å²) in [5.41, 5.74) is 5.07. The summed E-state index contributed by atoms with van der Waals surface area (Å²) >= 11 is 0. The van der Waals surface area contributed by atoms with E-state index in [1.54, 1.807) is 42.5 Å². The average molecular weight is 389 g/mol. The zero-order valence-electron chi connectivity index (χ0n) is 15.9. The highest BCUT2D eigenvalue weighted by Gasteiger charge is 2.21. The molecule has 5 nitrogen and oxygen atoms in total. The Labute approximate surface area is 168 Å². The molecule has 146 valence electrons. The van der Waals surface area contributed by atoms with Crippen LogP contribution in [0.4, 0.5) is 10.1 Å². The van der Waals surface area contributed by atoms with E-state index in [9.17, 15) is 14.0 Å². The number of amides is 2. The molecule has 0 spiro atoms. The van der Waals surface area contributed by atoms with Crippen LogP contribution >= 0.6 is 0 Å². The second-order valence-electron chi connectivity index (χ2n) is 6.39. The minimum absolute atomic E-state index is 0.195. The van der Waals surface area contributed by atoms with Crippen LogP contribution in [0, 0.1) is 12.7 Å². The highest BCUT2D eigenvalue weighted by molar-refractivity contribution is 6.09. The molecule has 29 heavy (non-hydrogen) atoms. The summed E-state index contributed by atoms with van der Waals surface area (Å²) in [4.78, 5) is 26.9. The lowest BCUT2D eigenvalue weighted by molar-refractivity contribution is -0.119. The summed E-state index contributed by atoms with van der Waals surface area (Å²) in [6.45, 7) is 1.69. The minimum Gasteiger partial charge on any atom is -0.299 e. The van der Waals surface area contributed by atoms with Crippen LogP contribution in [0.25, 0.3) is 0 Å². The van der Waals surface area contributed by atoms with Crippen LogP contribution in [0.3, 0.4) is 0 Å². The lowest BCUT2D eigenvalue weighted by Crippen LogP contribution is -2.40. The molecule has 6 heteroatoms. The summed E-state index contributed by atoms with van der Waals surface area (Å²) < 4.78 is 12.9. The molecule has 0 bridgehead atoms. The lowest BCUT2D eigenvalue weighted by Gasteiger charge is -2.23. The minimum atomic E-state index is -0.448. The summed E-state index contributed by atoms with van der Waals surface area (Å²) in [6, 6.07) is 21.9. The molecule has 0 aliphatic rings. The van der Waals surface area contributed by atoms with E-state index in [4.69, 9.17) is 0 Å². The summed E-state index contributed by atoms with van der Waals surface area (Å²) in [5.74, 6) is -1.08. The van der Waals surface area contributed by atoms with E-state index in [0.717, 1.165) is 5.56 Å². The third kappa shape index (κ3) is 5.35. The number of benzene rings is 3. The molecule has 0 radical (unpaired) electrons. The average Bonchev–Trinajstić information content (AvgIpc) is 2.74. The van der Waals surface area contributed by atoms with Gasteiger partial charge in [-0.15, -0.1) is 0 Å². The third-order valence-electron chi connectivity index (χ3n) is 4.25. The molecule has 0 heterocycles. The smallest absolute Gasteiger partial charge is 0.260 e. The van der Waals surface area contributed by atoms with E-state index >= 15 is 0 Å². The first kappa shape index (κ1) is 19.9. The number of carbonyl (C=O) groups excluding carboxylic acids is 2. The molecule has 0 fully saturated rings. The monoisotopic (exact) mass is 389 g/mol. The molecule has 0 unspecified atom stereocenters. The molecule has 1 N–H and O–H groups in total. The number of halogens is 1. The number of para-hydroxylation sites is 1. The Morgan fingerprint density at radius 1 is 0.966 bits per heavy atom. The number of nitrogens with one attached hydrogen (secondary N) is 1. The maximum absolute atomic E-state index is 13.0. The van der Waals surface area contributed by atoms with Crippen molar-refractivity contribution in [2.24, 2.45) is 5.10 Å². The van der Waals surface area contributed by atoms with E-state index in [1.807, 2.05) is 31.2 Å². The molecule has 3 rings (SSSR count). The number of hydrogen-bond acceptors (Lipinski definition) is 3. The van der Waals surface area contributed by atoms with Gasteiger partial charge in [-0.2, -0.15) is 5.10 Å². The number of carbonyl (C=O) groups is 2. The zero-order chi connectivity index (χ0) is 20.6. The van der Waals surface area contributed by atoms with Crippen LogP contribution in [0.15, 0.2) is 84.0 Å². The van der Waals surface area contributed by atoms with Crippen molar-refractivity contribution in [3.8, 4) is 0 Å². The number of hydrazone groups is 1. The van der Waals surface area contributed by atoms with Gasteiger partial charge in [0.2, 0.25) is 0 Å². The number of rotatable bonds is 6. The maximum atomic E-state index is 13.0. The number of aryl methyl sites for hydroxylation is 1. The standard InChI is InChI=1S/C23H20FN3O2/c1-17-7-5-6-10-21(17)27(23(29)19-8-3-2-4-9-19)16-22(28)26-25-15-18-11-13-20(24)14-12-18/h2-15H,16H2,1H3,(H,26,28). The van der Waals surface area contributed by atoms with Crippen molar-refractivity contribution in [2.75, 3.05) is 11.4 Å². The molecule has 0 aromatic heterocycles.